The third-order valence-corrected chi connectivity index (χ3v) is 6.80. The fourth-order valence-electron chi connectivity index (χ4n) is 4.40. The molecule has 2 amide bonds. The molecule has 1 heterocycles. The van der Waals surface area contributed by atoms with Crippen molar-refractivity contribution in [3.63, 3.8) is 0 Å². The van der Waals surface area contributed by atoms with E-state index in [2.05, 4.69) is 0 Å². The highest BCUT2D eigenvalue weighted by Gasteiger charge is 2.40. The van der Waals surface area contributed by atoms with Crippen LogP contribution in [0.15, 0.2) is 60.7 Å². The number of benzene rings is 2. The Morgan fingerprint density at radius 2 is 1.47 bits per heavy atom. The van der Waals surface area contributed by atoms with Crippen LogP contribution in [0.3, 0.4) is 0 Å². The molecule has 36 heavy (non-hydrogen) atoms. The Morgan fingerprint density at radius 1 is 0.917 bits per heavy atom. The lowest BCUT2D eigenvalue weighted by molar-refractivity contribution is -0.147. The Kier molecular flexibility index (Phi) is 9.33. The first kappa shape index (κ1) is 27.0. The first-order valence-electron chi connectivity index (χ1n) is 12.2. The van der Waals surface area contributed by atoms with Crippen LogP contribution in [0.5, 0.6) is 0 Å². The maximum atomic E-state index is 13.1. The SMILES string of the molecule is COC(=O)C1CCC(CC(C)(C)N(C)C(=O)OCc2ccccc2)N(C(=O)OCc2ccccc2)C1. The number of methoxy groups -OCH3 is 1. The molecular formula is C28H36N2O6. The zero-order chi connectivity index (χ0) is 26.1. The van der Waals surface area contributed by atoms with Crippen molar-refractivity contribution in [3.8, 4) is 0 Å². The van der Waals surface area contributed by atoms with Crippen molar-refractivity contribution in [3.05, 3.63) is 71.8 Å². The first-order valence-corrected chi connectivity index (χ1v) is 12.2. The second-order valence-corrected chi connectivity index (χ2v) is 9.76. The molecule has 3 rings (SSSR count). The maximum Gasteiger partial charge on any atom is 0.410 e. The normalized spacial score (nSPS) is 17.7. The van der Waals surface area contributed by atoms with Crippen molar-refractivity contribution in [1.82, 2.24) is 9.80 Å². The van der Waals surface area contributed by atoms with E-state index < -0.39 is 23.6 Å². The van der Waals surface area contributed by atoms with Gasteiger partial charge >= 0.3 is 18.2 Å². The number of likely N-dealkylation sites (tertiary alicyclic amines) is 1. The molecule has 1 fully saturated rings. The van der Waals surface area contributed by atoms with Crippen molar-refractivity contribution in [1.29, 1.82) is 0 Å². The van der Waals surface area contributed by atoms with E-state index in [0.717, 1.165) is 11.1 Å². The van der Waals surface area contributed by atoms with Crippen LogP contribution in [0, 0.1) is 5.92 Å². The molecular weight excluding hydrogens is 460 g/mol. The van der Waals surface area contributed by atoms with Crippen LogP contribution < -0.4 is 0 Å². The average Bonchev–Trinajstić information content (AvgIpc) is 2.90. The molecule has 8 nitrogen and oxygen atoms in total. The Bertz CT molecular complexity index is 1010. The van der Waals surface area contributed by atoms with Gasteiger partial charge in [-0.1, -0.05) is 60.7 Å². The fraction of sp³-hybridized carbons (Fsp3) is 0.464. The third kappa shape index (κ3) is 7.23. The smallest absolute Gasteiger partial charge is 0.410 e. The van der Waals surface area contributed by atoms with Crippen LogP contribution >= 0.6 is 0 Å². The third-order valence-electron chi connectivity index (χ3n) is 6.80. The summed E-state index contributed by atoms with van der Waals surface area (Å²) in [6.07, 6.45) is 0.764. The van der Waals surface area contributed by atoms with Crippen LogP contribution in [0.1, 0.15) is 44.2 Å². The molecule has 2 unspecified atom stereocenters. The molecule has 2 aromatic rings. The molecule has 0 aliphatic carbocycles. The van der Waals surface area contributed by atoms with Gasteiger partial charge in [0.05, 0.1) is 13.0 Å². The highest BCUT2D eigenvalue weighted by atomic mass is 16.6. The lowest BCUT2D eigenvalue weighted by Gasteiger charge is -2.43. The fourth-order valence-corrected chi connectivity index (χ4v) is 4.40. The van der Waals surface area contributed by atoms with Gasteiger partial charge in [0.2, 0.25) is 0 Å². The summed E-state index contributed by atoms with van der Waals surface area (Å²) in [6.45, 7) is 4.42. The molecule has 1 saturated heterocycles. The van der Waals surface area contributed by atoms with Crippen LogP contribution in [0.25, 0.3) is 0 Å². The second-order valence-electron chi connectivity index (χ2n) is 9.76. The minimum atomic E-state index is -0.617. The van der Waals surface area contributed by atoms with E-state index >= 15 is 0 Å². The molecule has 1 aliphatic rings. The Hall–Kier alpha value is -3.55. The average molecular weight is 497 g/mol. The number of hydrogen-bond donors (Lipinski definition) is 0. The van der Waals surface area contributed by atoms with Crippen molar-refractivity contribution in [2.24, 2.45) is 5.92 Å². The van der Waals surface area contributed by atoms with E-state index in [0.29, 0.717) is 19.3 Å². The summed E-state index contributed by atoms with van der Waals surface area (Å²) >= 11 is 0. The standard InChI is InChI=1S/C28H36N2O6/c1-28(2,29(3)26(32)35-19-21-11-7-5-8-12-21)17-24-16-15-23(25(31)34-4)18-30(24)27(33)36-20-22-13-9-6-10-14-22/h5-14,23-24H,15-20H2,1-4H3. The summed E-state index contributed by atoms with van der Waals surface area (Å²) in [5.41, 5.74) is 1.17. The number of carbonyl (C=O) groups excluding carboxylic acids is 3. The number of nitrogens with zero attached hydrogens (tertiary/aromatic N) is 2. The minimum Gasteiger partial charge on any atom is -0.469 e. The molecule has 0 saturated carbocycles. The van der Waals surface area contributed by atoms with Gasteiger partial charge < -0.3 is 24.0 Å². The number of ether oxygens (including phenoxy) is 3. The topological polar surface area (TPSA) is 85.4 Å². The zero-order valence-electron chi connectivity index (χ0n) is 21.5. The van der Waals surface area contributed by atoms with Crippen LogP contribution in [-0.2, 0) is 32.2 Å². The number of carbonyl (C=O) groups is 3. The van der Waals surface area contributed by atoms with E-state index in [1.807, 2.05) is 74.5 Å². The lowest BCUT2D eigenvalue weighted by Crippen LogP contribution is -2.54. The van der Waals surface area contributed by atoms with Gasteiger partial charge in [-0.25, -0.2) is 9.59 Å². The Morgan fingerprint density at radius 3 is 2.03 bits per heavy atom. The van der Waals surface area contributed by atoms with Crippen molar-refractivity contribution < 1.29 is 28.6 Å². The van der Waals surface area contributed by atoms with Crippen molar-refractivity contribution >= 4 is 18.2 Å². The summed E-state index contributed by atoms with van der Waals surface area (Å²) in [7, 11) is 3.05. The van der Waals surface area contributed by atoms with E-state index in [1.54, 1.807) is 16.8 Å². The molecule has 1 aliphatic heterocycles. The van der Waals surface area contributed by atoms with Gasteiger partial charge in [0, 0.05) is 25.2 Å². The molecule has 2 aromatic carbocycles. The molecule has 0 spiro atoms. The monoisotopic (exact) mass is 496 g/mol. The summed E-state index contributed by atoms with van der Waals surface area (Å²) in [5.74, 6) is -0.748. The summed E-state index contributed by atoms with van der Waals surface area (Å²) < 4.78 is 16.0. The number of esters is 1. The van der Waals surface area contributed by atoms with Crippen LogP contribution in [-0.4, -0.2) is 60.2 Å². The molecule has 8 heteroatoms. The van der Waals surface area contributed by atoms with E-state index in [1.165, 1.54) is 7.11 Å². The molecule has 0 N–H and O–H groups in total. The van der Waals surface area contributed by atoms with Crippen LogP contribution in [0.4, 0.5) is 9.59 Å². The second kappa shape index (κ2) is 12.4. The number of hydrogen-bond acceptors (Lipinski definition) is 6. The largest absolute Gasteiger partial charge is 0.469 e. The van der Waals surface area contributed by atoms with Gasteiger partial charge in [0.1, 0.15) is 13.2 Å². The predicted molar refractivity (Wildman–Crippen MR) is 135 cm³/mol. The molecule has 2 atom stereocenters. The highest BCUT2D eigenvalue weighted by Crippen LogP contribution is 2.31. The quantitative estimate of drug-likeness (QED) is 0.377. The van der Waals surface area contributed by atoms with Gasteiger partial charge in [-0.05, 0) is 44.2 Å². The van der Waals surface area contributed by atoms with E-state index in [-0.39, 0.29) is 31.8 Å². The lowest BCUT2D eigenvalue weighted by atomic mass is 9.85. The van der Waals surface area contributed by atoms with E-state index in [9.17, 15) is 14.4 Å². The molecule has 0 bridgehead atoms. The van der Waals surface area contributed by atoms with Crippen LogP contribution in [0.2, 0.25) is 0 Å². The molecule has 194 valence electrons. The van der Waals surface area contributed by atoms with E-state index in [4.69, 9.17) is 14.2 Å². The van der Waals surface area contributed by atoms with Gasteiger partial charge in [-0.2, -0.15) is 0 Å². The number of rotatable bonds is 8. The summed E-state index contributed by atoms with van der Waals surface area (Å²) in [5, 5.41) is 0. The van der Waals surface area contributed by atoms with Crippen molar-refractivity contribution in [2.45, 2.75) is 57.9 Å². The molecule has 0 radical (unpaired) electrons. The maximum absolute atomic E-state index is 13.1. The van der Waals surface area contributed by atoms with Gasteiger partial charge in [0.15, 0.2) is 0 Å². The predicted octanol–water partition coefficient (Wildman–Crippen LogP) is 5.01. The highest BCUT2D eigenvalue weighted by molar-refractivity contribution is 5.75. The summed E-state index contributed by atoms with van der Waals surface area (Å²) in [4.78, 5) is 41.3. The van der Waals surface area contributed by atoms with Crippen molar-refractivity contribution in [2.75, 3.05) is 20.7 Å². The van der Waals surface area contributed by atoms with Gasteiger partial charge in [-0.15, -0.1) is 0 Å². The minimum absolute atomic E-state index is 0.140. The Balaban J connectivity index is 1.66. The number of piperidine rings is 1. The summed E-state index contributed by atoms with van der Waals surface area (Å²) in [6, 6.07) is 18.7. The first-order chi connectivity index (χ1) is 17.2. The molecule has 0 aromatic heterocycles. The van der Waals surface area contributed by atoms with Gasteiger partial charge in [-0.3, -0.25) is 4.79 Å². The van der Waals surface area contributed by atoms with Gasteiger partial charge in [0.25, 0.3) is 0 Å². The zero-order valence-corrected chi connectivity index (χ0v) is 21.5. The number of amides is 2. The Labute approximate surface area is 213 Å².